The van der Waals surface area contributed by atoms with Crippen molar-refractivity contribution in [3.63, 3.8) is 0 Å². The second-order valence-electron chi connectivity index (χ2n) is 5.30. The van der Waals surface area contributed by atoms with Crippen LogP contribution in [-0.2, 0) is 13.0 Å². The number of ether oxygens (including phenoxy) is 2. The number of nitrogens with one attached hydrogen (secondary N) is 1. The standard InChI is InChI=1S/C18H25N3O2S.HI/c1-19-18(21(2)11-10-15-8-6-12-24-15)20-13-14-7-5-9-16(22-3)17(14)23-4;/h5-9,12H,10-11,13H2,1-4H3,(H,19,20);1H. The first-order valence-corrected chi connectivity index (χ1v) is 8.71. The van der Waals surface area contributed by atoms with Crippen LogP contribution in [0.3, 0.4) is 0 Å². The summed E-state index contributed by atoms with van der Waals surface area (Å²) < 4.78 is 10.8. The molecule has 0 aliphatic heterocycles. The largest absolute Gasteiger partial charge is 0.493 e. The van der Waals surface area contributed by atoms with Crippen molar-refractivity contribution >= 4 is 41.3 Å². The van der Waals surface area contributed by atoms with Crippen molar-refractivity contribution in [3.8, 4) is 11.5 Å². The number of halogens is 1. The number of benzene rings is 1. The minimum atomic E-state index is 0. The molecule has 1 heterocycles. The Hall–Kier alpha value is -1.48. The van der Waals surface area contributed by atoms with Crippen LogP contribution in [0.2, 0.25) is 0 Å². The Morgan fingerprint density at radius 2 is 2.00 bits per heavy atom. The van der Waals surface area contributed by atoms with E-state index in [1.807, 2.05) is 25.2 Å². The summed E-state index contributed by atoms with van der Waals surface area (Å²) in [5, 5.41) is 5.49. The highest BCUT2D eigenvalue weighted by molar-refractivity contribution is 14.0. The maximum atomic E-state index is 5.47. The number of likely N-dealkylation sites (N-methyl/N-ethyl adjacent to an activating group) is 1. The van der Waals surface area contributed by atoms with Crippen molar-refractivity contribution in [3.05, 3.63) is 46.2 Å². The van der Waals surface area contributed by atoms with Gasteiger partial charge in [0.1, 0.15) is 0 Å². The minimum absolute atomic E-state index is 0. The van der Waals surface area contributed by atoms with Crippen molar-refractivity contribution in [1.82, 2.24) is 10.2 Å². The van der Waals surface area contributed by atoms with E-state index in [2.05, 4.69) is 32.7 Å². The predicted molar refractivity (Wildman–Crippen MR) is 116 cm³/mol. The van der Waals surface area contributed by atoms with E-state index in [4.69, 9.17) is 9.47 Å². The van der Waals surface area contributed by atoms with Gasteiger partial charge in [-0.25, -0.2) is 0 Å². The summed E-state index contributed by atoms with van der Waals surface area (Å²) in [6.07, 6.45) is 1.01. The first-order valence-electron chi connectivity index (χ1n) is 7.83. The summed E-state index contributed by atoms with van der Waals surface area (Å²) in [5.74, 6) is 2.35. The zero-order valence-corrected chi connectivity index (χ0v) is 18.3. The molecule has 0 radical (unpaired) electrons. The van der Waals surface area contributed by atoms with Crippen LogP contribution in [0.25, 0.3) is 0 Å². The van der Waals surface area contributed by atoms with E-state index in [0.717, 1.165) is 36.0 Å². The zero-order valence-electron chi connectivity index (χ0n) is 15.1. The van der Waals surface area contributed by atoms with E-state index < -0.39 is 0 Å². The molecule has 0 spiro atoms. The van der Waals surface area contributed by atoms with Crippen LogP contribution >= 0.6 is 35.3 Å². The van der Waals surface area contributed by atoms with Gasteiger partial charge in [0.25, 0.3) is 0 Å². The molecule has 25 heavy (non-hydrogen) atoms. The molecule has 0 unspecified atom stereocenters. The lowest BCUT2D eigenvalue weighted by atomic mass is 10.2. The number of nitrogens with zero attached hydrogens (tertiary/aromatic N) is 2. The van der Waals surface area contributed by atoms with Gasteiger partial charge in [0.05, 0.1) is 14.2 Å². The summed E-state index contributed by atoms with van der Waals surface area (Å²) in [6.45, 7) is 1.53. The molecule has 138 valence electrons. The van der Waals surface area contributed by atoms with Gasteiger partial charge in [-0.3, -0.25) is 4.99 Å². The molecule has 0 atom stereocenters. The monoisotopic (exact) mass is 475 g/mol. The fourth-order valence-corrected chi connectivity index (χ4v) is 3.19. The molecule has 2 aromatic rings. The van der Waals surface area contributed by atoms with Gasteiger partial charge >= 0.3 is 0 Å². The van der Waals surface area contributed by atoms with Crippen molar-refractivity contribution in [1.29, 1.82) is 0 Å². The number of methoxy groups -OCH3 is 2. The van der Waals surface area contributed by atoms with Crippen LogP contribution in [0.1, 0.15) is 10.4 Å². The fourth-order valence-electron chi connectivity index (χ4n) is 2.49. The van der Waals surface area contributed by atoms with Crippen molar-refractivity contribution in [2.45, 2.75) is 13.0 Å². The summed E-state index contributed by atoms with van der Waals surface area (Å²) >= 11 is 1.79. The van der Waals surface area contributed by atoms with E-state index in [-0.39, 0.29) is 24.0 Å². The first kappa shape index (κ1) is 21.6. The van der Waals surface area contributed by atoms with Crippen LogP contribution in [0.5, 0.6) is 11.5 Å². The zero-order chi connectivity index (χ0) is 17.4. The lowest BCUT2D eigenvalue weighted by Gasteiger charge is -2.22. The molecule has 0 amide bonds. The molecule has 2 rings (SSSR count). The molecule has 0 bridgehead atoms. The lowest BCUT2D eigenvalue weighted by Crippen LogP contribution is -2.39. The maximum Gasteiger partial charge on any atom is 0.193 e. The quantitative estimate of drug-likeness (QED) is 0.378. The molecule has 1 aromatic carbocycles. The number of aliphatic imine (C=N–C) groups is 1. The topological polar surface area (TPSA) is 46.1 Å². The van der Waals surface area contributed by atoms with Crippen molar-refractivity contribution in [2.75, 3.05) is 34.9 Å². The smallest absolute Gasteiger partial charge is 0.193 e. The van der Waals surface area contributed by atoms with Gasteiger partial charge < -0.3 is 19.7 Å². The summed E-state index contributed by atoms with van der Waals surface area (Å²) in [7, 11) is 7.15. The van der Waals surface area contributed by atoms with Crippen LogP contribution < -0.4 is 14.8 Å². The molecule has 0 saturated carbocycles. The first-order chi connectivity index (χ1) is 11.7. The van der Waals surface area contributed by atoms with Gasteiger partial charge in [0.15, 0.2) is 17.5 Å². The van der Waals surface area contributed by atoms with Crippen LogP contribution in [0, 0.1) is 0 Å². The molecule has 0 fully saturated rings. The van der Waals surface area contributed by atoms with Gasteiger partial charge in [-0.1, -0.05) is 18.2 Å². The highest BCUT2D eigenvalue weighted by Gasteiger charge is 2.11. The molecular formula is C18H26IN3O2S. The molecule has 0 aliphatic rings. The molecule has 1 aromatic heterocycles. The van der Waals surface area contributed by atoms with Crippen LogP contribution in [0.15, 0.2) is 40.7 Å². The Balaban J connectivity index is 0.00000312. The Labute approximate surface area is 171 Å². The average molecular weight is 475 g/mol. The van der Waals surface area contributed by atoms with Gasteiger partial charge in [0.2, 0.25) is 0 Å². The SMILES string of the molecule is CN=C(NCc1cccc(OC)c1OC)N(C)CCc1cccs1.I. The Morgan fingerprint density at radius 3 is 2.60 bits per heavy atom. The van der Waals surface area contributed by atoms with Gasteiger partial charge in [-0.05, 0) is 23.9 Å². The van der Waals surface area contributed by atoms with Crippen LogP contribution in [-0.4, -0.2) is 45.7 Å². The maximum absolute atomic E-state index is 5.47. The third-order valence-corrected chi connectivity index (χ3v) is 4.70. The summed E-state index contributed by atoms with van der Waals surface area (Å²) in [5.41, 5.74) is 1.03. The fraction of sp³-hybridized carbons (Fsp3) is 0.389. The third kappa shape index (κ3) is 6.07. The number of rotatable bonds is 7. The number of thiophene rings is 1. The van der Waals surface area contributed by atoms with Gasteiger partial charge in [-0.2, -0.15) is 0 Å². The van der Waals surface area contributed by atoms with E-state index in [0.29, 0.717) is 6.54 Å². The molecule has 0 aliphatic carbocycles. The van der Waals surface area contributed by atoms with E-state index >= 15 is 0 Å². The lowest BCUT2D eigenvalue weighted by molar-refractivity contribution is 0.351. The van der Waals surface area contributed by atoms with E-state index in [1.54, 1.807) is 32.6 Å². The number of hydrogen-bond acceptors (Lipinski definition) is 4. The summed E-state index contributed by atoms with van der Waals surface area (Å²) in [6, 6.07) is 10.1. The highest BCUT2D eigenvalue weighted by Crippen LogP contribution is 2.30. The second-order valence-corrected chi connectivity index (χ2v) is 6.34. The third-order valence-electron chi connectivity index (χ3n) is 3.77. The predicted octanol–water partition coefficient (Wildman–Crippen LogP) is 3.63. The number of hydrogen-bond donors (Lipinski definition) is 1. The Morgan fingerprint density at radius 1 is 1.20 bits per heavy atom. The molecule has 5 nitrogen and oxygen atoms in total. The highest BCUT2D eigenvalue weighted by atomic mass is 127. The van der Waals surface area contributed by atoms with Gasteiger partial charge in [0, 0.05) is 37.6 Å². The van der Waals surface area contributed by atoms with Gasteiger partial charge in [-0.15, -0.1) is 35.3 Å². The Kier molecular flexibility index (Phi) is 9.66. The molecular weight excluding hydrogens is 449 g/mol. The Bertz CT molecular complexity index is 662. The van der Waals surface area contributed by atoms with Crippen molar-refractivity contribution < 1.29 is 9.47 Å². The average Bonchev–Trinajstić information content (AvgIpc) is 3.13. The van der Waals surface area contributed by atoms with E-state index in [1.165, 1.54) is 4.88 Å². The van der Waals surface area contributed by atoms with E-state index in [9.17, 15) is 0 Å². The van der Waals surface area contributed by atoms with Crippen LogP contribution in [0.4, 0.5) is 0 Å². The molecule has 7 heteroatoms. The molecule has 1 N–H and O–H groups in total. The number of guanidine groups is 1. The second kappa shape index (κ2) is 11.2. The number of para-hydroxylation sites is 1. The van der Waals surface area contributed by atoms with Crippen molar-refractivity contribution in [2.24, 2.45) is 4.99 Å². The normalized spacial score (nSPS) is 10.8. The summed E-state index contributed by atoms with van der Waals surface area (Å²) in [4.78, 5) is 7.88. The molecule has 0 saturated heterocycles. The minimum Gasteiger partial charge on any atom is -0.493 e.